The quantitative estimate of drug-likeness (QED) is 0.420. The van der Waals surface area contributed by atoms with E-state index in [1.807, 2.05) is 0 Å². The zero-order valence-electron chi connectivity index (χ0n) is 19.5. The first-order valence-corrected chi connectivity index (χ1v) is 12.8. The van der Waals surface area contributed by atoms with Crippen LogP contribution in [0.1, 0.15) is 25.3 Å². The number of rotatable bonds is 10. The van der Waals surface area contributed by atoms with E-state index in [-0.39, 0.29) is 17.7 Å². The lowest BCUT2D eigenvalue weighted by Crippen LogP contribution is -2.33. The van der Waals surface area contributed by atoms with Crippen LogP contribution in [0.3, 0.4) is 0 Å². The van der Waals surface area contributed by atoms with E-state index in [4.69, 9.17) is 25.8 Å². The fraction of sp³-hybridized carbons (Fsp3) is 0.476. The van der Waals surface area contributed by atoms with Crippen LogP contribution in [0.15, 0.2) is 30.6 Å². The number of sulfonamides is 1. The third-order valence-corrected chi connectivity index (χ3v) is 7.56. The number of ether oxygens (including phenoxy) is 3. The van der Waals surface area contributed by atoms with Gasteiger partial charge in [-0.3, -0.25) is 9.29 Å². The fourth-order valence-corrected chi connectivity index (χ4v) is 4.99. The van der Waals surface area contributed by atoms with Crippen LogP contribution in [0.4, 0.5) is 5.95 Å². The molecule has 1 aliphatic rings. The van der Waals surface area contributed by atoms with Gasteiger partial charge in [0.25, 0.3) is 0 Å². The van der Waals surface area contributed by atoms with Crippen LogP contribution in [0.25, 0.3) is 11.5 Å². The van der Waals surface area contributed by atoms with Crippen LogP contribution in [0.5, 0.6) is 5.88 Å². The molecule has 0 saturated carbocycles. The van der Waals surface area contributed by atoms with Gasteiger partial charge in [-0.15, -0.1) is 10.2 Å². The molecule has 3 atom stereocenters. The van der Waals surface area contributed by atoms with Crippen molar-refractivity contribution in [3.63, 3.8) is 0 Å². The molecule has 0 unspecified atom stereocenters. The lowest BCUT2D eigenvalue weighted by atomic mass is 10.1. The van der Waals surface area contributed by atoms with Crippen molar-refractivity contribution in [2.24, 2.45) is 5.92 Å². The zero-order valence-corrected chi connectivity index (χ0v) is 21.0. The maximum absolute atomic E-state index is 13.4. The van der Waals surface area contributed by atoms with Crippen molar-refractivity contribution in [1.82, 2.24) is 29.7 Å². The molecular weight excluding hydrogens is 498 g/mol. The van der Waals surface area contributed by atoms with Crippen molar-refractivity contribution in [3.8, 4) is 17.4 Å². The summed E-state index contributed by atoms with van der Waals surface area (Å²) < 4.78 is 47.2. The van der Waals surface area contributed by atoms with Crippen molar-refractivity contribution in [2.75, 3.05) is 32.2 Å². The fourth-order valence-electron chi connectivity index (χ4n) is 3.74. The molecular formula is C21H26ClN7O5S. The average Bonchev–Trinajstić information content (AvgIpc) is 3.51. The van der Waals surface area contributed by atoms with Crippen molar-refractivity contribution >= 4 is 27.6 Å². The summed E-state index contributed by atoms with van der Waals surface area (Å²) in [6, 6.07) is 5.25. The van der Waals surface area contributed by atoms with Gasteiger partial charge in [-0.05, 0) is 19.4 Å². The van der Waals surface area contributed by atoms with E-state index in [0.29, 0.717) is 42.2 Å². The molecule has 1 aliphatic heterocycles. The molecule has 0 amide bonds. The van der Waals surface area contributed by atoms with E-state index in [1.165, 1.54) is 33.5 Å². The van der Waals surface area contributed by atoms with Crippen LogP contribution < -0.4 is 9.46 Å². The molecule has 0 aliphatic carbocycles. The lowest BCUT2D eigenvalue weighted by Gasteiger charge is -2.22. The molecule has 3 aromatic rings. The molecule has 35 heavy (non-hydrogen) atoms. The first kappa shape index (κ1) is 25.2. The van der Waals surface area contributed by atoms with Gasteiger partial charge in [0, 0.05) is 44.6 Å². The third kappa shape index (κ3) is 5.69. The molecule has 4 rings (SSSR count). The highest BCUT2D eigenvalue weighted by Gasteiger charge is 2.34. The second-order valence-corrected chi connectivity index (χ2v) is 10.5. The van der Waals surface area contributed by atoms with Crippen LogP contribution in [0.2, 0.25) is 5.02 Å². The highest BCUT2D eigenvalue weighted by molar-refractivity contribution is 7.93. The van der Waals surface area contributed by atoms with Crippen LogP contribution in [0, 0.1) is 5.92 Å². The van der Waals surface area contributed by atoms with Crippen molar-refractivity contribution in [3.05, 3.63) is 41.4 Å². The number of pyridine rings is 1. The van der Waals surface area contributed by atoms with Crippen LogP contribution in [-0.2, 0) is 26.0 Å². The Bertz CT molecular complexity index is 1250. The molecule has 0 aromatic carbocycles. The molecule has 0 bridgehead atoms. The summed E-state index contributed by atoms with van der Waals surface area (Å²) >= 11 is 5.86. The molecule has 0 spiro atoms. The Labute approximate surface area is 208 Å². The van der Waals surface area contributed by atoms with Crippen LogP contribution in [-0.4, -0.2) is 70.8 Å². The van der Waals surface area contributed by atoms with Gasteiger partial charge in [-0.2, -0.15) is 0 Å². The maximum Gasteiger partial charge on any atom is 0.240 e. The zero-order chi connectivity index (χ0) is 25.0. The van der Waals surface area contributed by atoms with Gasteiger partial charge in [0.15, 0.2) is 11.6 Å². The van der Waals surface area contributed by atoms with E-state index in [0.717, 1.165) is 6.42 Å². The van der Waals surface area contributed by atoms with Gasteiger partial charge in [0.05, 0.1) is 18.7 Å². The topological polar surface area (TPSA) is 143 Å². The monoisotopic (exact) mass is 523 g/mol. The SMILES string of the molecule is COc1cccc(-c2nnc(NS(=O)(=O)[C@@H](C)[C@H](OC)c3ncc(Cl)cn3)n2C[C@@H]2CCOC2)n1. The summed E-state index contributed by atoms with van der Waals surface area (Å²) in [4.78, 5) is 12.6. The average molecular weight is 524 g/mol. The molecule has 12 nitrogen and oxygen atoms in total. The summed E-state index contributed by atoms with van der Waals surface area (Å²) in [6.45, 7) is 3.16. The Kier molecular flexibility index (Phi) is 7.79. The van der Waals surface area contributed by atoms with E-state index in [1.54, 1.807) is 22.8 Å². The Morgan fingerprint density at radius 3 is 2.69 bits per heavy atom. The molecule has 14 heteroatoms. The number of methoxy groups -OCH3 is 2. The molecule has 188 valence electrons. The third-order valence-electron chi connectivity index (χ3n) is 5.68. The van der Waals surface area contributed by atoms with Gasteiger partial charge < -0.3 is 14.2 Å². The second-order valence-electron chi connectivity index (χ2n) is 8.02. The summed E-state index contributed by atoms with van der Waals surface area (Å²) in [5, 5.41) is 7.65. The summed E-state index contributed by atoms with van der Waals surface area (Å²) in [7, 11) is -1.10. The van der Waals surface area contributed by atoms with Gasteiger partial charge in [0.2, 0.25) is 21.9 Å². The van der Waals surface area contributed by atoms with Gasteiger partial charge in [-0.1, -0.05) is 17.7 Å². The summed E-state index contributed by atoms with van der Waals surface area (Å²) in [6.07, 6.45) is 2.67. The number of nitrogens with one attached hydrogen (secondary N) is 1. The normalized spacial score (nSPS) is 17.8. The highest BCUT2D eigenvalue weighted by atomic mass is 35.5. The Morgan fingerprint density at radius 2 is 2.03 bits per heavy atom. The smallest absolute Gasteiger partial charge is 0.240 e. The van der Waals surface area contributed by atoms with E-state index < -0.39 is 21.4 Å². The van der Waals surface area contributed by atoms with Crippen LogP contribution >= 0.6 is 11.6 Å². The maximum atomic E-state index is 13.4. The first-order valence-electron chi connectivity index (χ1n) is 10.9. The van der Waals surface area contributed by atoms with E-state index in [9.17, 15) is 8.42 Å². The molecule has 0 radical (unpaired) electrons. The minimum absolute atomic E-state index is 0.0650. The standard InChI is InChI=1S/C21H26ClN7O5S/c1-13(18(33-3)19-23-9-15(22)10-24-19)35(30,31)28-21-27-26-20(16-5-4-6-17(25-16)32-2)29(21)11-14-7-8-34-12-14/h4-6,9-10,13-14,18H,7-8,11-12H2,1-3H3,(H,27,28)/t13-,14-,18-/m0/s1. The predicted molar refractivity (Wildman–Crippen MR) is 128 cm³/mol. The van der Waals surface area contributed by atoms with Crippen molar-refractivity contribution in [2.45, 2.75) is 31.2 Å². The molecule has 4 heterocycles. The Balaban J connectivity index is 1.66. The molecule has 1 saturated heterocycles. The van der Waals surface area contributed by atoms with Gasteiger partial charge in [-0.25, -0.2) is 23.4 Å². The largest absolute Gasteiger partial charge is 0.481 e. The Morgan fingerprint density at radius 1 is 1.26 bits per heavy atom. The molecule has 1 N–H and O–H groups in total. The predicted octanol–water partition coefficient (Wildman–Crippen LogP) is 2.35. The highest BCUT2D eigenvalue weighted by Crippen LogP contribution is 2.28. The van der Waals surface area contributed by atoms with Crippen molar-refractivity contribution < 1.29 is 22.6 Å². The number of aromatic nitrogens is 6. The van der Waals surface area contributed by atoms with Gasteiger partial charge in [0.1, 0.15) is 17.0 Å². The van der Waals surface area contributed by atoms with E-state index >= 15 is 0 Å². The summed E-state index contributed by atoms with van der Waals surface area (Å²) in [5.74, 6) is 1.24. The Hall–Kier alpha value is -2.87. The summed E-state index contributed by atoms with van der Waals surface area (Å²) in [5.41, 5.74) is 0.499. The van der Waals surface area contributed by atoms with Gasteiger partial charge >= 0.3 is 0 Å². The minimum atomic E-state index is -4.01. The number of halogens is 1. The molecule has 1 fully saturated rings. The van der Waals surface area contributed by atoms with E-state index in [2.05, 4.69) is 29.9 Å². The number of nitrogens with zero attached hydrogens (tertiary/aromatic N) is 6. The second kappa shape index (κ2) is 10.8. The van der Waals surface area contributed by atoms with Crippen molar-refractivity contribution in [1.29, 1.82) is 0 Å². The first-order chi connectivity index (χ1) is 16.8. The minimum Gasteiger partial charge on any atom is -0.481 e. The number of anilines is 1. The molecule has 3 aromatic heterocycles. The lowest BCUT2D eigenvalue weighted by molar-refractivity contribution is 0.0950. The number of hydrogen-bond acceptors (Lipinski definition) is 10. The number of hydrogen-bond donors (Lipinski definition) is 1.